The van der Waals surface area contributed by atoms with Gasteiger partial charge in [0.25, 0.3) is 0 Å². The summed E-state index contributed by atoms with van der Waals surface area (Å²) < 4.78 is 5.25. The predicted octanol–water partition coefficient (Wildman–Crippen LogP) is -0.818. The van der Waals surface area contributed by atoms with Crippen LogP contribution < -0.4 is 10.6 Å². The number of hydrogen-bond acceptors (Lipinski definition) is 4. The molecule has 2 heterocycles. The zero-order valence-electron chi connectivity index (χ0n) is 8.08. The van der Waals surface area contributed by atoms with Gasteiger partial charge in [-0.25, -0.2) is 0 Å². The van der Waals surface area contributed by atoms with Gasteiger partial charge in [0.1, 0.15) is 0 Å². The molecule has 0 spiro atoms. The van der Waals surface area contributed by atoms with Crippen molar-refractivity contribution in [3.63, 3.8) is 0 Å². The van der Waals surface area contributed by atoms with E-state index < -0.39 is 5.97 Å². The molecule has 5 heteroatoms. The molecule has 0 amide bonds. The Morgan fingerprint density at radius 2 is 2.43 bits per heavy atom. The van der Waals surface area contributed by atoms with E-state index in [2.05, 4.69) is 10.6 Å². The van der Waals surface area contributed by atoms with E-state index in [1.165, 1.54) is 0 Å². The third-order valence-corrected chi connectivity index (χ3v) is 2.86. The SMILES string of the molecule is O=C(O)CC1(NC2CCOC2)CNC1. The van der Waals surface area contributed by atoms with E-state index in [0.717, 1.165) is 26.1 Å². The van der Waals surface area contributed by atoms with Crippen molar-refractivity contribution in [1.82, 2.24) is 10.6 Å². The van der Waals surface area contributed by atoms with Crippen molar-refractivity contribution in [2.24, 2.45) is 0 Å². The third kappa shape index (κ3) is 2.05. The van der Waals surface area contributed by atoms with Crippen molar-refractivity contribution in [2.45, 2.75) is 24.4 Å². The average molecular weight is 200 g/mol. The minimum absolute atomic E-state index is 0.191. The molecule has 0 aromatic heterocycles. The highest BCUT2D eigenvalue weighted by Crippen LogP contribution is 2.19. The first-order chi connectivity index (χ1) is 6.70. The molecular formula is C9H16N2O3. The summed E-state index contributed by atoms with van der Waals surface area (Å²) in [5, 5.41) is 15.3. The highest BCUT2D eigenvalue weighted by molar-refractivity contribution is 5.68. The summed E-state index contributed by atoms with van der Waals surface area (Å²) in [6.07, 6.45) is 1.18. The van der Waals surface area contributed by atoms with E-state index in [-0.39, 0.29) is 12.0 Å². The maximum Gasteiger partial charge on any atom is 0.305 e. The Hall–Kier alpha value is -0.650. The van der Waals surface area contributed by atoms with Gasteiger partial charge in [-0.3, -0.25) is 4.79 Å². The number of carboxylic acid groups (broad SMARTS) is 1. The van der Waals surface area contributed by atoms with Gasteiger partial charge in [-0.15, -0.1) is 0 Å². The van der Waals surface area contributed by atoms with Crippen molar-refractivity contribution in [2.75, 3.05) is 26.3 Å². The summed E-state index contributed by atoms with van der Waals surface area (Å²) in [6.45, 7) is 2.99. The number of hydrogen-bond donors (Lipinski definition) is 3. The van der Waals surface area contributed by atoms with Crippen molar-refractivity contribution in [1.29, 1.82) is 0 Å². The summed E-state index contributed by atoms with van der Waals surface area (Å²) in [5.41, 5.74) is -0.232. The van der Waals surface area contributed by atoms with E-state index in [1.54, 1.807) is 0 Å². The Balaban J connectivity index is 1.87. The van der Waals surface area contributed by atoms with Crippen LogP contribution in [0.3, 0.4) is 0 Å². The minimum Gasteiger partial charge on any atom is -0.481 e. The monoisotopic (exact) mass is 200 g/mol. The van der Waals surface area contributed by atoms with Crippen LogP contribution >= 0.6 is 0 Å². The number of aliphatic carboxylic acids is 1. The molecule has 14 heavy (non-hydrogen) atoms. The van der Waals surface area contributed by atoms with Gasteiger partial charge in [0.2, 0.25) is 0 Å². The summed E-state index contributed by atoms with van der Waals surface area (Å²) in [5.74, 6) is -0.738. The van der Waals surface area contributed by atoms with Crippen LogP contribution in [0, 0.1) is 0 Å². The third-order valence-electron chi connectivity index (χ3n) is 2.86. The van der Waals surface area contributed by atoms with Crippen LogP contribution in [0.2, 0.25) is 0 Å². The quantitative estimate of drug-likeness (QED) is 0.553. The predicted molar refractivity (Wildman–Crippen MR) is 50.2 cm³/mol. The Labute approximate surface area is 82.8 Å². The standard InChI is InChI=1S/C9H16N2O3/c12-8(13)3-9(5-10-6-9)11-7-1-2-14-4-7/h7,10-11H,1-6H2,(H,12,13). The van der Waals surface area contributed by atoms with Gasteiger partial charge in [-0.2, -0.15) is 0 Å². The second kappa shape index (κ2) is 3.84. The zero-order chi connectivity index (χ0) is 10.0. The molecule has 0 saturated carbocycles. The van der Waals surface area contributed by atoms with E-state index in [1.807, 2.05) is 0 Å². The van der Waals surface area contributed by atoms with Crippen molar-refractivity contribution in [3.8, 4) is 0 Å². The van der Waals surface area contributed by atoms with Crippen LogP contribution in [0.4, 0.5) is 0 Å². The first-order valence-corrected chi connectivity index (χ1v) is 4.98. The molecule has 2 aliphatic heterocycles. The summed E-state index contributed by atoms with van der Waals surface area (Å²) in [4.78, 5) is 10.7. The summed E-state index contributed by atoms with van der Waals surface area (Å²) in [6, 6.07) is 0.330. The fourth-order valence-corrected chi connectivity index (χ4v) is 2.08. The summed E-state index contributed by atoms with van der Waals surface area (Å²) in [7, 11) is 0. The topological polar surface area (TPSA) is 70.6 Å². The van der Waals surface area contributed by atoms with Crippen LogP contribution in [0.25, 0.3) is 0 Å². The number of carboxylic acids is 1. The maximum absolute atomic E-state index is 10.7. The fourth-order valence-electron chi connectivity index (χ4n) is 2.08. The second-order valence-corrected chi connectivity index (χ2v) is 4.16. The first-order valence-electron chi connectivity index (χ1n) is 4.98. The molecule has 2 aliphatic rings. The lowest BCUT2D eigenvalue weighted by Crippen LogP contribution is -2.70. The highest BCUT2D eigenvalue weighted by Gasteiger charge is 2.40. The molecule has 2 fully saturated rings. The van der Waals surface area contributed by atoms with Crippen LogP contribution in [0.1, 0.15) is 12.8 Å². The highest BCUT2D eigenvalue weighted by atomic mass is 16.5. The van der Waals surface area contributed by atoms with Crippen molar-refractivity contribution < 1.29 is 14.6 Å². The normalized spacial score (nSPS) is 29.9. The van der Waals surface area contributed by atoms with E-state index >= 15 is 0 Å². The smallest absolute Gasteiger partial charge is 0.305 e. The number of ether oxygens (including phenoxy) is 1. The zero-order valence-corrected chi connectivity index (χ0v) is 8.08. The molecule has 3 N–H and O–H groups in total. The molecule has 0 aliphatic carbocycles. The number of rotatable bonds is 4. The molecule has 5 nitrogen and oxygen atoms in total. The van der Waals surface area contributed by atoms with Gasteiger partial charge < -0.3 is 20.5 Å². The Kier molecular flexibility index (Phi) is 2.71. The Bertz CT molecular complexity index is 222. The van der Waals surface area contributed by atoms with E-state index in [4.69, 9.17) is 9.84 Å². The molecule has 0 bridgehead atoms. The lowest BCUT2D eigenvalue weighted by atomic mass is 9.87. The maximum atomic E-state index is 10.7. The van der Waals surface area contributed by atoms with E-state index in [0.29, 0.717) is 12.6 Å². The van der Waals surface area contributed by atoms with Crippen LogP contribution in [-0.2, 0) is 9.53 Å². The van der Waals surface area contributed by atoms with E-state index in [9.17, 15) is 4.79 Å². The van der Waals surface area contributed by atoms with Crippen LogP contribution in [0.5, 0.6) is 0 Å². The van der Waals surface area contributed by atoms with Gasteiger partial charge in [0.05, 0.1) is 18.6 Å². The average Bonchev–Trinajstić information content (AvgIpc) is 2.51. The first kappa shape index (κ1) is 9.89. The number of carbonyl (C=O) groups is 1. The number of nitrogens with one attached hydrogen (secondary N) is 2. The summed E-state index contributed by atoms with van der Waals surface area (Å²) >= 11 is 0. The minimum atomic E-state index is -0.738. The van der Waals surface area contributed by atoms with Gasteiger partial charge >= 0.3 is 5.97 Å². The molecule has 0 aromatic carbocycles. The lowest BCUT2D eigenvalue weighted by molar-refractivity contribution is -0.139. The Morgan fingerprint density at radius 3 is 2.86 bits per heavy atom. The molecule has 1 atom stereocenters. The lowest BCUT2D eigenvalue weighted by Gasteiger charge is -2.44. The molecule has 2 saturated heterocycles. The molecule has 80 valence electrons. The molecule has 0 radical (unpaired) electrons. The molecular weight excluding hydrogens is 184 g/mol. The molecule has 0 aromatic rings. The van der Waals surface area contributed by atoms with Crippen LogP contribution in [-0.4, -0.2) is 49.0 Å². The van der Waals surface area contributed by atoms with Gasteiger partial charge in [-0.05, 0) is 6.42 Å². The van der Waals surface area contributed by atoms with Gasteiger partial charge in [-0.1, -0.05) is 0 Å². The largest absolute Gasteiger partial charge is 0.481 e. The second-order valence-electron chi connectivity index (χ2n) is 4.16. The van der Waals surface area contributed by atoms with Crippen molar-refractivity contribution in [3.05, 3.63) is 0 Å². The van der Waals surface area contributed by atoms with Gasteiger partial charge in [0.15, 0.2) is 0 Å². The van der Waals surface area contributed by atoms with Crippen LogP contribution in [0.15, 0.2) is 0 Å². The molecule has 2 rings (SSSR count). The van der Waals surface area contributed by atoms with Gasteiger partial charge in [0, 0.05) is 25.7 Å². The fraction of sp³-hybridized carbons (Fsp3) is 0.889. The van der Waals surface area contributed by atoms with Crippen molar-refractivity contribution >= 4 is 5.97 Å². The Morgan fingerprint density at radius 1 is 1.64 bits per heavy atom. The molecule has 1 unspecified atom stereocenters.